The molecule has 0 aliphatic rings. The summed E-state index contributed by atoms with van der Waals surface area (Å²) in [5.41, 5.74) is 0. The van der Waals surface area contributed by atoms with E-state index < -0.39 is 0 Å². The van der Waals surface area contributed by atoms with Crippen LogP contribution in [0.1, 0.15) is 0 Å². The molecule has 0 rings (SSSR count). The van der Waals surface area contributed by atoms with Crippen molar-refractivity contribution >= 4 is 23.1 Å². The van der Waals surface area contributed by atoms with E-state index in [0.29, 0.717) is 0 Å². The molecule has 25 valence electrons. The van der Waals surface area contributed by atoms with Crippen molar-refractivity contribution in [1.82, 2.24) is 0 Å². The van der Waals surface area contributed by atoms with Gasteiger partial charge in [-0.15, -0.1) is 0 Å². The van der Waals surface area contributed by atoms with Crippen molar-refractivity contribution in [2.45, 2.75) is 0 Å². The SMILES string of the molecule is [Cr+3].[Fe+2].[Mg+2].[O-2].[O-2]. The molecule has 1 radical (unpaired) electrons. The molecule has 0 aromatic heterocycles. The van der Waals surface area contributed by atoms with Crippen molar-refractivity contribution in [2.24, 2.45) is 0 Å². The molecule has 0 saturated carbocycles. The van der Waals surface area contributed by atoms with Crippen LogP contribution in [0, 0.1) is 0 Å². The van der Waals surface area contributed by atoms with E-state index in [1.54, 1.807) is 0 Å². The third-order valence-corrected chi connectivity index (χ3v) is 0. The first kappa shape index (κ1) is 73.4. The predicted molar refractivity (Wildman–Crippen MR) is 7.13 cm³/mol. The van der Waals surface area contributed by atoms with Crippen molar-refractivity contribution in [1.29, 1.82) is 0 Å². The molecule has 0 bridgehead atoms. The second-order valence-electron chi connectivity index (χ2n) is 0. The van der Waals surface area contributed by atoms with Gasteiger partial charge in [-0.1, -0.05) is 0 Å². The van der Waals surface area contributed by atoms with Crippen LogP contribution in [0.5, 0.6) is 0 Å². The molecule has 0 unspecified atom stereocenters. The molecule has 0 aliphatic carbocycles. The van der Waals surface area contributed by atoms with Crippen LogP contribution in [0.3, 0.4) is 0 Å². The minimum Gasteiger partial charge on any atom is -2.00 e. The molecule has 0 spiro atoms. The van der Waals surface area contributed by atoms with Gasteiger partial charge in [-0.05, 0) is 0 Å². The first-order valence-corrected chi connectivity index (χ1v) is 0. The third-order valence-electron chi connectivity index (χ3n) is 0. The van der Waals surface area contributed by atoms with Crippen molar-refractivity contribution in [3.05, 3.63) is 0 Å². The largest absolute Gasteiger partial charge is 3.00 e. The van der Waals surface area contributed by atoms with E-state index in [-0.39, 0.29) is 68.4 Å². The smallest absolute Gasteiger partial charge is 2.00 e. The summed E-state index contributed by atoms with van der Waals surface area (Å²) in [6, 6.07) is 0. The molecular formula is CrFeMgO2+3. The van der Waals surface area contributed by atoms with Gasteiger partial charge < -0.3 is 11.0 Å². The quantitative estimate of drug-likeness (QED) is 0.428. The average molecular weight is 164 g/mol. The van der Waals surface area contributed by atoms with E-state index in [0.717, 1.165) is 0 Å². The van der Waals surface area contributed by atoms with E-state index in [1.165, 1.54) is 0 Å². The summed E-state index contributed by atoms with van der Waals surface area (Å²) >= 11 is 0. The molecule has 0 aromatic carbocycles. The predicted octanol–water partition coefficient (Wildman–Crippen LogP) is -0.623. The van der Waals surface area contributed by atoms with E-state index >= 15 is 0 Å². The molecule has 0 amide bonds. The summed E-state index contributed by atoms with van der Waals surface area (Å²) in [6.45, 7) is 0. The fraction of sp³-hybridized carbons (Fsp3) is 0. The minimum absolute atomic E-state index is 0. The molecule has 0 fully saturated rings. The Kier molecular flexibility index (Phi) is 626. The average Bonchev–Trinajstić information content (AvgIpc) is 0. The minimum atomic E-state index is 0. The van der Waals surface area contributed by atoms with Crippen molar-refractivity contribution in [3.8, 4) is 0 Å². The van der Waals surface area contributed by atoms with Gasteiger partial charge in [0, 0.05) is 0 Å². The van der Waals surface area contributed by atoms with Crippen LogP contribution >= 0.6 is 0 Å². The van der Waals surface area contributed by atoms with Crippen LogP contribution in [0.25, 0.3) is 0 Å². The van der Waals surface area contributed by atoms with Gasteiger partial charge in [0.15, 0.2) is 0 Å². The second kappa shape index (κ2) is 42.6. The Morgan fingerprint density at radius 1 is 0.800 bits per heavy atom. The Hall–Kier alpha value is 1.74. The maximum atomic E-state index is 0. The molecule has 0 heterocycles. The van der Waals surface area contributed by atoms with Gasteiger partial charge in [0.05, 0.1) is 0 Å². The van der Waals surface area contributed by atoms with Crippen molar-refractivity contribution < 1.29 is 45.4 Å². The fourth-order valence-electron chi connectivity index (χ4n) is 0. The normalized spacial score (nSPS) is 0. The Morgan fingerprint density at radius 3 is 0.800 bits per heavy atom. The molecule has 0 aliphatic heterocycles. The summed E-state index contributed by atoms with van der Waals surface area (Å²) in [4.78, 5) is 0. The third kappa shape index (κ3) is 26.5. The molecule has 2 nitrogen and oxygen atoms in total. The Balaban J connectivity index is 0. The van der Waals surface area contributed by atoms with Gasteiger partial charge in [0.25, 0.3) is 0 Å². The summed E-state index contributed by atoms with van der Waals surface area (Å²) in [6.07, 6.45) is 0. The first-order chi connectivity index (χ1) is 0. The second-order valence-corrected chi connectivity index (χ2v) is 0. The molecule has 5 heteroatoms. The molecular weight excluding hydrogens is 164 g/mol. The maximum Gasteiger partial charge on any atom is 3.00 e. The van der Waals surface area contributed by atoms with E-state index in [1.807, 2.05) is 0 Å². The summed E-state index contributed by atoms with van der Waals surface area (Å²) in [5.74, 6) is 0. The van der Waals surface area contributed by atoms with Gasteiger partial charge in [-0.2, -0.15) is 0 Å². The summed E-state index contributed by atoms with van der Waals surface area (Å²) < 4.78 is 0. The number of hydrogen-bond donors (Lipinski definition) is 0. The fourth-order valence-corrected chi connectivity index (χ4v) is 0. The van der Waals surface area contributed by atoms with Crippen LogP contribution in [0.4, 0.5) is 0 Å². The van der Waals surface area contributed by atoms with Gasteiger partial charge >= 0.3 is 57.5 Å². The van der Waals surface area contributed by atoms with E-state index in [9.17, 15) is 0 Å². The van der Waals surface area contributed by atoms with Crippen molar-refractivity contribution in [2.75, 3.05) is 0 Å². The van der Waals surface area contributed by atoms with Crippen LogP contribution in [-0.2, 0) is 45.4 Å². The summed E-state index contributed by atoms with van der Waals surface area (Å²) in [7, 11) is 0. The summed E-state index contributed by atoms with van der Waals surface area (Å²) in [5, 5.41) is 0. The van der Waals surface area contributed by atoms with Crippen LogP contribution in [0.2, 0.25) is 0 Å². The zero-order chi connectivity index (χ0) is 0. The zero-order valence-corrected chi connectivity index (χ0v) is 6.08. The topological polar surface area (TPSA) is 57.0 Å². The van der Waals surface area contributed by atoms with Crippen LogP contribution in [0.15, 0.2) is 0 Å². The Labute approximate surface area is 68.1 Å². The van der Waals surface area contributed by atoms with Gasteiger partial charge in [-0.25, -0.2) is 0 Å². The monoisotopic (exact) mass is 164 g/mol. The molecule has 0 saturated heterocycles. The van der Waals surface area contributed by atoms with Crippen LogP contribution < -0.4 is 0 Å². The Bertz CT molecular complexity index is 9.61. The van der Waals surface area contributed by atoms with Gasteiger partial charge in [0.2, 0.25) is 0 Å². The van der Waals surface area contributed by atoms with Gasteiger partial charge in [-0.3, -0.25) is 0 Å². The Morgan fingerprint density at radius 2 is 0.800 bits per heavy atom. The maximum absolute atomic E-state index is 0. The number of hydrogen-bond acceptors (Lipinski definition) is 0. The van der Waals surface area contributed by atoms with Gasteiger partial charge in [0.1, 0.15) is 0 Å². The molecule has 0 atom stereocenters. The first-order valence-electron chi connectivity index (χ1n) is 0. The molecule has 0 aromatic rings. The van der Waals surface area contributed by atoms with E-state index in [4.69, 9.17) is 0 Å². The standard InChI is InChI=1S/Cr.Fe.Mg.2O/q+3;2*+2;2*-2. The molecule has 5 heavy (non-hydrogen) atoms. The number of rotatable bonds is 0. The van der Waals surface area contributed by atoms with Crippen molar-refractivity contribution in [3.63, 3.8) is 0 Å². The zero-order valence-electron chi connectivity index (χ0n) is 2.29. The van der Waals surface area contributed by atoms with Crippen LogP contribution in [-0.4, -0.2) is 23.1 Å². The van der Waals surface area contributed by atoms with E-state index in [2.05, 4.69) is 0 Å². The molecule has 0 N–H and O–H groups in total.